The standard InChI is InChI=1S/C18H24N4O2S/c1-11-6-8-13(9-7-11)14(19-12(2)23)10-15(24)20-17-22-21-16(25-17)18(3,4)5/h6-9,14H,10H2,1-5H3,(H,19,23)(H,20,22,24). The second kappa shape index (κ2) is 7.74. The van der Waals surface area contributed by atoms with Gasteiger partial charge in [0.1, 0.15) is 5.01 Å². The number of amides is 2. The normalized spacial score (nSPS) is 12.5. The lowest BCUT2D eigenvalue weighted by molar-refractivity contribution is -0.120. The molecule has 1 heterocycles. The monoisotopic (exact) mass is 360 g/mol. The van der Waals surface area contributed by atoms with Crippen molar-refractivity contribution in [1.82, 2.24) is 15.5 Å². The summed E-state index contributed by atoms with van der Waals surface area (Å²) >= 11 is 1.37. The minimum atomic E-state index is -0.381. The molecule has 0 aliphatic rings. The van der Waals surface area contributed by atoms with Crippen molar-refractivity contribution in [2.24, 2.45) is 0 Å². The Morgan fingerprint density at radius 2 is 1.80 bits per heavy atom. The van der Waals surface area contributed by atoms with E-state index in [1.807, 2.05) is 52.0 Å². The molecule has 0 saturated carbocycles. The summed E-state index contributed by atoms with van der Waals surface area (Å²) < 4.78 is 0. The molecule has 1 atom stereocenters. The van der Waals surface area contributed by atoms with Crippen molar-refractivity contribution < 1.29 is 9.59 Å². The molecule has 0 aliphatic carbocycles. The average molecular weight is 360 g/mol. The van der Waals surface area contributed by atoms with Crippen molar-refractivity contribution in [3.8, 4) is 0 Å². The SMILES string of the molecule is CC(=O)NC(CC(=O)Nc1nnc(C(C)(C)C)s1)c1ccc(C)cc1. The molecule has 6 nitrogen and oxygen atoms in total. The summed E-state index contributed by atoms with van der Waals surface area (Å²) in [5, 5.41) is 15.1. The highest BCUT2D eigenvalue weighted by Crippen LogP contribution is 2.28. The van der Waals surface area contributed by atoms with Crippen LogP contribution in [-0.4, -0.2) is 22.0 Å². The molecular formula is C18H24N4O2S. The zero-order valence-corrected chi connectivity index (χ0v) is 16.0. The summed E-state index contributed by atoms with van der Waals surface area (Å²) in [5.41, 5.74) is 1.91. The molecule has 0 bridgehead atoms. The summed E-state index contributed by atoms with van der Waals surface area (Å²) in [7, 11) is 0. The molecule has 1 unspecified atom stereocenters. The molecule has 0 aliphatic heterocycles. The molecule has 0 spiro atoms. The third-order valence-corrected chi connectivity index (χ3v) is 4.82. The molecule has 25 heavy (non-hydrogen) atoms. The van der Waals surface area contributed by atoms with Gasteiger partial charge in [0, 0.05) is 12.3 Å². The van der Waals surface area contributed by atoms with E-state index in [4.69, 9.17) is 0 Å². The molecule has 1 aromatic heterocycles. The Morgan fingerprint density at radius 1 is 1.16 bits per heavy atom. The lowest BCUT2D eigenvalue weighted by Gasteiger charge is -2.18. The highest BCUT2D eigenvalue weighted by Gasteiger charge is 2.21. The quantitative estimate of drug-likeness (QED) is 0.856. The van der Waals surface area contributed by atoms with Gasteiger partial charge in [-0.2, -0.15) is 0 Å². The van der Waals surface area contributed by atoms with Crippen molar-refractivity contribution in [3.05, 3.63) is 40.4 Å². The van der Waals surface area contributed by atoms with Crippen LogP contribution in [0.5, 0.6) is 0 Å². The third kappa shape index (κ3) is 5.63. The first-order valence-electron chi connectivity index (χ1n) is 8.12. The van der Waals surface area contributed by atoms with E-state index >= 15 is 0 Å². The predicted molar refractivity (Wildman–Crippen MR) is 99.6 cm³/mol. The molecule has 0 fully saturated rings. The molecule has 2 aromatic rings. The van der Waals surface area contributed by atoms with E-state index in [2.05, 4.69) is 20.8 Å². The van der Waals surface area contributed by atoms with E-state index in [0.29, 0.717) is 5.13 Å². The van der Waals surface area contributed by atoms with Crippen LogP contribution < -0.4 is 10.6 Å². The number of carbonyl (C=O) groups excluding carboxylic acids is 2. The molecule has 0 radical (unpaired) electrons. The van der Waals surface area contributed by atoms with Crippen LogP contribution in [0.1, 0.15) is 56.3 Å². The van der Waals surface area contributed by atoms with Gasteiger partial charge in [0.2, 0.25) is 16.9 Å². The van der Waals surface area contributed by atoms with Crippen molar-refractivity contribution >= 4 is 28.3 Å². The number of aromatic nitrogens is 2. The van der Waals surface area contributed by atoms with Crippen LogP contribution in [0.4, 0.5) is 5.13 Å². The zero-order valence-electron chi connectivity index (χ0n) is 15.2. The van der Waals surface area contributed by atoms with Crippen LogP contribution in [0, 0.1) is 6.92 Å². The van der Waals surface area contributed by atoms with E-state index in [-0.39, 0.29) is 29.7 Å². The minimum absolute atomic E-state index is 0.110. The fraction of sp³-hybridized carbons (Fsp3) is 0.444. The van der Waals surface area contributed by atoms with Crippen LogP contribution >= 0.6 is 11.3 Å². The van der Waals surface area contributed by atoms with Crippen molar-refractivity contribution in [1.29, 1.82) is 0 Å². The smallest absolute Gasteiger partial charge is 0.228 e. The molecule has 7 heteroatoms. The van der Waals surface area contributed by atoms with E-state index in [0.717, 1.165) is 16.1 Å². The Labute approximate surface area is 152 Å². The molecular weight excluding hydrogens is 336 g/mol. The number of aryl methyl sites for hydroxylation is 1. The first-order valence-corrected chi connectivity index (χ1v) is 8.94. The fourth-order valence-corrected chi connectivity index (χ4v) is 3.05. The van der Waals surface area contributed by atoms with Gasteiger partial charge in [0.25, 0.3) is 0 Å². The lowest BCUT2D eigenvalue weighted by Crippen LogP contribution is -2.29. The first kappa shape index (κ1) is 19.1. The molecule has 0 saturated heterocycles. The summed E-state index contributed by atoms with van der Waals surface area (Å²) in [6.07, 6.45) is 0.132. The zero-order chi connectivity index (χ0) is 18.6. The van der Waals surface area contributed by atoms with Gasteiger partial charge in [-0.25, -0.2) is 0 Å². The fourth-order valence-electron chi connectivity index (χ4n) is 2.23. The predicted octanol–water partition coefficient (Wildman–Crippen LogP) is 3.35. The summed E-state index contributed by atoms with van der Waals surface area (Å²) in [5.74, 6) is -0.389. The molecule has 2 rings (SSSR count). The average Bonchev–Trinajstić information content (AvgIpc) is 2.95. The minimum Gasteiger partial charge on any atom is -0.349 e. The van der Waals surface area contributed by atoms with Crippen LogP contribution in [-0.2, 0) is 15.0 Å². The van der Waals surface area contributed by atoms with Gasteiger partial charge in [0.15, 0.2) is 0 Å². The Kier molecular flexibility index (Phi) is 5.89. The molecule has 2 amide bonds. The van der Waals surface area contributed by atoms with Crippen molar-refractivity contribution in [3.63, 3.8) is 0 Å². The highest BCUT2D eigenvalue weighted by molar-refractivity contribution is 7.15. The van der Waals surface area contributed by atoms with Crippen molar-refractivity contribution in [2.45, 2.75) is 52.5 Å². The number of nitrogens with one attached hydrogen (secondary N) is 2. The summed E-state index contributed by atoms with van der Waals surface area (Å²) in [6.45, 7) is 9.57. The topological polar surface area (TPSA) is 84.0 Å². The Balaban J connectivity index is 2.07. The Hall–Kier alpha value is -2.28. The second-order valence-corrected chi connectivity index (χ2v) is 8.06. The maximum atomic E-state index is 12.4. The van der Waals surface area contributed by atoms with E-state index < -0.39 is 0 Å². The lowest BCUT2D eigenvalue weighted by atomic mass is 9.98. The molecule has 134 valence electrons. The van der Waals surface area contributed by atoms with Gasteiger partial charge < -0.3 is 10.6 Å². The Bertz CT molecular complexity index is 747. The van der Waals surface area contributed by atoms with Crippen LogP contribution in [0.2, 0.25) is 0 Å². The third-order valence-electron chi connectivity index (χ3n) is 3.56. The van der Waals surface area contributed by atoms with Gasteiger partial charge in [-0.05, 0) is 12.5 Å². The van der Waals surface area contributed by atoms with E-state index in [1.54, 1.807) is 0 Å². The number of nitrogens with zero attached hydrogens (tertiary/aromatic N) is 2. The Morgan fingerprint density at radius 3 is 2.32 bits per heavy atom. The number of anilines is 1. The number of carbonyl (C=O) groups is 2. The summed E-state index contributed by atoms with van der Waals surface area (Å²) in [4.78, 5) is 23.9. The maximum absolute atomic E-state index is 12.4. The van der Waals surface area contributed by atoms with Gasteiger partial charge in [-0.1, -0.05) is 61.9 Å². The molecule has 1 aromatic carbocycles. The maximum Gasteiger partial charge on any atom is 0.228 e. The van der Waals surface area contributed by atoms with Gasteiger partial charge >= 0.3 is 0 Å². The van der Waals surface area contributed by atoms with E-state index in [9.17, 15) is 9.59 Å². The van der Waals surface area contributed by atoms with Gasteiger partial charge in [-0.15, -0.1) is 10.2 Å². The number of hydrogen-bond donors (Lipinski definition) is 2. The van der Waals surface area contributed by atoms with Crippen LogP contribution in [0.3, 0.4) is 0 Å². The van der Waals surface area contributed by atoms with E-state index in [1.165, 1.54) is 18.3 Å². The van der Waals surface area contributed by atoms with Crippen LogP contribution in [0.25, 0.3) is 0 Å². The van der Waals surface area contributed by atoms with Gasteiger partial charge in [0.05, 0.1) is 12.5 Å². The van der Waals surface area contributed by atoms with Crippen LogP contribution in [0.15, 0.2) is 24.3 Å². The second-order valence-electron chi connectivity index (χ2n) is 7.08. The highest BCUT2D eigenvalue weighted by atomic mass is 32.1. The number of benzene rings is 1. The largest absolute Gasteiger partial charge is 0.349 e. The summed E-state index contributed by atoms with van der Waals surface area (Å²) in [6, 6.07) is 7.39. The molecule has 2 N–H and O–H groups in total. The van der Waals surface area contributed by atoms with Crippen molar-refractivity contribution in [2.75, 3.05) is 5.32 Å². The number of rotatable bonds is 5. The van der Waals surface area contributed by atoms with Gasteiger partial charge in [-0.3, -0.25) is 9.59 Å². The first-order chi connectivity index (χ1) is 11.6. The number of hydrogen-bond acceptors (Lipinski definition) is 5.